The molecule has 0 bridgehead atoms. The van der Waals surface area contributed by atoms with Gasteiger partial charge in [0, 0.05) is 22.7 Å². The van der Waals surface area contributed by atoms with Crippen molar-refractivity contribution in [2.24, 2.45) is 0 Å². The highest BCUT2D eigenvalue weighted by molar-refractivity contribution is 6.30. The average Bonchev–Trinajstić information content (AvgIpc) is 2.35. The first kappa shape index (κ1) is 18.5. The fourth-order valence-corrected chi connectivity index (χ4v) is 1.62. The SMILES string of the molecule is CCCOc1ccc(Cl)cc1CNC(C)(C)CO.Cl. The molecule has 0 saturated carbocycles. The van der Waals surface area contributed by atoms with E-state index in [0.717, 1.165) is 17.7 Å². The Morgan fingerprint density at radius 2 is 2.05 bits per heavy atom. The third kappa shape index (κ3) is 6.48. The van der Waals surface area contributed by atoms with Gasteiger partial charge in [-0.1, -0.05) is 18.5 Å². The van der Waals surface area contributed by atoms with E-state index in [1.54, 1.807) is 0 Å². The summed E-state index contributed by atoms with van der Waals surface area (Å²) in [6.45, 7) is 7.36. The highest BCUT2D eigenvalue weighted by atomic mass is 35.5. The standard InChI is InChI=1S/C14H22ClNO2.ClH/c1-4-7-18-13-6-5-12(15)8-11(13)9-16-14(2,3)10-17;/h5-6,8,16-17H,4,7,9-10H2,1-3H3;1H. The number of rotatable bonds is 7. The fraction of sp³-hybridized carbons (Fsp3) is 0.571. The summed E-state index contributed by atoms with van der Waals surface area (Å²) in [6, 6.07) is 5.61. The zero-order valence-corrected chi connectivity index (χ0v) is 13.3. The molecule has 19 heavy (non-hydrogen) atoms. The van der Waals surface area contributed by atoms with Crippen LogP contribution in [0.25, 0.3) is 0 Å². The molecule has 0 radical (unpaired) electrons. The number of benzene rings is 1. The summed E-state index contributed by atoms with van der Waals surface area (Å²) in [5.41, 5.74) is 0.696. The van der Waals surface area contributed by atoms with Crippen LogP contribution < -0.4 is 10.1 Å². The van der Waals surface area contributed by atoms with Gasteiger partial charge in [0.05, 0.1) is 13.2 Å². The molecule has 2 N–H and O–H groups in total. The molecule has 3 nitrogen and oxygen atoms in total. The van der Waals surface area contributed by atoms with E-state index >= 15 is 0 Å². The second-order valence-electron chi connectivity index (χ2n) is 5.00. The van der Waals surface area contributed by atoms with Crippen LogP contribution >= 0.6 is 24.0 Å². The predicted octanol–water partition coefficient (Wildman–Crippen LogP) is 3.41. The minimum Gasteiger partial charge on any atom is -0.493 e. The average molecular weight is 308 g/mol. The summed E-state index contributed by atoms with van der Waals surface area (Å²) >= 11 is 6.00. The van der Waals surface area contributed by atoms with Gasteiger partial charge in [0.2, 0.25) is 0 Å². The van der Waals surface area contributed by atoms with E-state index in [2.05, 4.69) is 12.2 Å². The lowest BCUT2D eigenvalue weighted by Crippen LogP contribution is -2.42. The van der Waals surface area contributed by atoms with E-state index < -0.39 is 0 Å². The summed E-state index contributed by atoms with van der Waals surface area (Å²) in [5.74, 6) is 0.850. The molecule has 0 fully saturated rings. The molecular formula is C14H23Cl2NO2. The predicted molar refractivity (Wildman–Crippen MR) is 82.5 cm³/mol. The van der Waals surface area contributed by atoms with Crippen LogP contribution in [0.2, 0.25) is 5.02 Å². The highest BCUT2D eigenvalue weighted by Crippen LogP contribution is 2.23. The van der Waals surface area contributed by atoms with E-state index in [1.807, 2.05) is 32.0 Å². The summed E-state index contributed by atoms with van der Waals surface area (Å²) in [6.07, 6.45) is 0.970. The first-order chi connectivity index (χ1) is 8.48. The Kier molecular flexibility index (Phi) is 8.42. The summed E-state index contributed by atoms with van der Waals surface area (Å²) in [4.78, 5) is 0. The molecule has 0 heterocycles. The third-order valence-corrected chi connectivity index (χ3v) is 2.87. The molecule has 0 aliphatic heterocycles. The van der Waals surface area contributed by atoms with Gasteiger partial charge in [0.15, 0.2) is 0 Å². The monoisotopic (exact) mass is 307 g/mol. The molecule has 0 aromatic heterocycles. The molecule has 110 valence electrons. The molecule has 1 aromatic rings. The quantitative estimate of drug-likeness (QED) is 0.811. The molecule has 0 unspecified atom stereocenters. The van der Waals surface area contributed by atoms with Gasteiger partial charge in [-0.25, -0.2) is 0 Å². The lowest BCUT2D eigenvalue weighted by atomic mass is 10.1. The van der Waals surface area contributed by atoms with Crippen molar-refractivity contribution in [1.29, 1.82) is 0 Å². The second kappa shape index (κ2) is 8.64. The first-order valence-corrected chi connectivity index (χ1v) is 6.63. The number of hydrogen-bond donors (Lipinski definition) is 2. The van der Waals surface area contributed by atoms with Gasteiger partial charge < -0.3 is 15.2 Å². The molecule has 1 rings (SSSR count). The molecule has 0 aliphatic rings. The maximum atomic E-state index is 9.22. The normalized spacial score (nSPS) is 11.0. The zero-order chi connectivity index (χ0) is 13.6. The molecule has 0 atom stereocenters. The topological polar surface area (TPSA) is 41.5 Å². The van der Waals surface area contributed by atoms with Crippen molar-refractivity contribution in [3.63, 3.8) is 0 Å². The Bertz CT molecular complexity index is 384. The molecule has 0 aliphatic carbocycles. The molecular weight excluding hydrogens is 285 g/mol. The molecule has 0 saturated heterocycles. The third-order valence-electron chi connectivity index (χ3n) is 2.64. The van der Waals surface area contributed by atoms with Crippen molar-refractivity contribution in [3.05, 3.63) is 28.8 Å². The Morgan fingerprint density at radius 3 is 2.63 bits per heavy atom. The van der Waals surface area contributed by atoms with Gasteiger partial charge in [-0.15, -0.1) is 12.4 Å². The number of ether oxygens (including phenoxy) is 1. The Hall–Kier alpha value is -0.480. The summed E-state index contributed by atoms with van der Waals surface area (Å²) in [5, 5.41) is 13.2. The highest BCUT2D eigenvalue weighted by Gasteiger charge is 2.16. The Morgan fingerprint density at radius 1 is 1.37 bits per heavy atom. The number of aliphatic hydroxyl groups is 1. The van der Waals surface area contributed by atoms with Gasteiger partial charge in [-0.2, -0.15) is 0 Å². The Labute approximate surface area is 126 Å². The van der Waals surface area contributed by atoms with Gasteiger partial charge in [0.25, 0.3) is 0 Å². The lowest BCUT2D eigenvalue weighted by Gasteiger charge is -2.24. The van der Waals surface area contributed by atoms with Crippen LogP contribution in [0.5, 0.6) is 5.75 Å². The number of hydrogen-bond acceptors (Lipinski definition) is 3. The molecule has 5 heteroatoms. The minimum absolute atomic E-state index is 0. The van der Waals surface area contributed by atoms with Crippen LogP contribution in [0.4, 0.5) is 0 Å². The number of halogens is 2. The van der Waals surface area contributed by atoms with Crippen LogP contribution in [0.1, 0.15) is 32.8 Å². The van der Waals surface area contributed by atoms with Crippen LogP contribution in [-0.4, -0.2) is 23.9 Å². The zero-order valence-electron chi connectivity index (χ0n) is 11.7. The number of aliphatic hydroxyl groups excluding tert-OH is 1. The van der Waals surface area contributed by atoms with Gasteiger partial charge >= 0.3 is 0 Å². The molecule has 0 amide bonds. The van der Waals surface area contributed by atoms with E-state index in [9.17, 15) is 5.11 Å². The van der Waals surface area contributed by atoms with E-state index in [4.69, 9.17) is 16.3 Å². The van der Waals surface area contributed by atoms with Crippen molar-refractivity contribution in [2.75, 3.05) is 13.2 Å². The van der Waals surface area contributed by atoms with Crippen molar-refractivity contribution in [2.45, 2.75) is 39.3 Å². The largest absolute Gasteiger partial charge is 0.493 e. The van der Waals surface area contributed by atoms with Crippen LogP contribution in [0.15, 0.2) is 18.2 Å². The van der Waals surface area contributed by atoms with E-state index in [0.29, 0.717) is 18.2 Å². The van der Waals surface area contributed by atoms with Crippen LogP contribution in [0.3, 0.4) is 0 Å². The van der Waals surface area contributed by atoms with Crippen LogP contribution in [-0.2, 0) is 6.54 Å². The van der Waals surface area contributed by atoms with Crippen molar-refractivity contribution < 1.29 is 9.84 Å². The minimum atomic E-state index is -0.315. The molecule has 1 aromatic carbocycles. The lowest BCUT2D eigenvalue weighted by molar-refractivity contribution is 0.186. The van der Waals surface area contributed by atoms with Crippen molar-refractivity contribution in [3.8, 4) is 5.75 Å². The van der Waals surface area contributed by atoms with E-state index in [-0.39, 0.29) is 24.6 Å². The van der Waals surface area contributed by atoms with Gasteiger partial charge in [-0.3, -0.25) is 0 Å². The van der Waals surface area contributed by atoms with Crippen molar-refractivity contribution in [1.82, 2.24) is 5.32 Å². The van der Waals surface area contributed by atoms with Gasteiger partial charge in [0.1, 0.15) is 5.75 Å². The maximum absolute atomic E-state index is 9.22. The Balaban J connectivity index is 0.00000324. The molecule has 0 spiro atoms. The first-order valence-electron chi connectivity index (χ1n) is 6.25. The van der Waals surface area contributed by atoms with Gasteiger partial charge in [-0.05, 0) is 38.5 Å². The summed E-state index contributed by atoms with van der Waals surface area (Å²) in [7, 11) is 0. The summed E-state index contributed by atoms with van der Waals surface area (Å²) < 4.78 is 5.68. The smallest absolute Gasteiger partial charge is 0.123 e. The van der Waals surface area contributed by atoms with E-state index in [1.165, 1.54) is 0 Å². The number of nitrogens with one attached hydrogen (secondary N) is 1. The van der Waals surface area contributed by atoms with Crippen molar-refractivity contribution >= 4 is 24.0 Å². The van der Waals surface area contributed by atoms with Crippen LogP contribution in [0, 0.1) is 0 Å². The fourth-order valence-electron chi connectivity index (χ4n) is 1.43. The second-order valence-corrected chi connectivity index (χ2v) is 5.43. The maximum Gasteiger partial charge on any atom is 0.123 e.